The molecule has 68 valence electrons. The summed E-state index contributed by atoms with van der Waals surface area (Å²) in [7, 11) is 0. The summed E-state index contributed by atoms with van der Waals surface area (Å²) in [6.07, 6.45) is 11.0. The molecule has 1 heteroatoms. The van der Waals surface area contributed by atoms with E-state index in [0.717, 1.165) is 0 Å². The van der Waals surface area contributed by atoms with Crippen LogP contribution in [0.3, 0.4) is 0 Å². The fourth-order valence-corrected chi connectivity index (χ4v) is 2.76. The van der Waals surface area contributed by atoms with E-state index in [0.29, 0.717) is 5.54 Å². The third kappa shape index (κ3) is 1.55. The molecule has 1 nitrogen and oxygen atoms in total. The smallest absolute Gasteiger partial charge is 0.0607 e. The number of rotatable bonds is 0. The van der Waals surface area contributed by atoms with Crippen molar-refractivity contribution in [1.29, 1.82) is 0 Å². The lowest BCUT2D eigenvalue weighted by molar-refractivity contribution is 0.268. The van der Waals surface area contributed by atoms with E-state index < -0.39 is 0 Å². The van der Waals surface area contributed by atoms with Crippen LogP contribution in [0.1, 0.15) is 58.3 Å². The van der Waals surface area contributed by atoms with E-state index in [4.69, 9.17) is 4.99 Å². The Bertz CT molecular complexity index is 187. The van der Waals surface area contributed by atoms with Gasteiger partial charge in [-0.25, -0.2) is 0 Å². The molecular weight excluding hydrogens is 146 g/mol. The SMILES string of the molecule is CC1=NC2(CCCCC2)CCC1. The molecule has 0 atom stereocenters. The molecule has 0 radical (unpaired) electrons. The maximum Gasteiger partial charge on any atom is 0.0607 e. The van der Waals surface area contributed by atoms with Gasteiger partial charge in [-0.1, -0.05) is 19.3 Å². The summed E-state index contributed by atoms with van der Waals surface area (Å²) in [5, 5.41) is 0. The van der Waals surface area contributed by atoms with E-state index in [9.17, 15) is 0 Å². The van der Waals surface area contributed by atoms with Crippen LogP contribution in [0.15, 0.2) is 4.99 Å². The first kappa shape index (κ1) is 8.28. The second kappa shape index (κ2) is 3.20. The highest BCUT2D eigenvalue weighted by atomic mass is 14.9. The highest BCUT2D eigenvalue weighted by molar-refractivity contribution is 5.82. The van der Waals surface area contributed by atoms with Crippen LogP contribution in [-0.2, 0) is 0 Å². The zero-order valence-electron chi connectivity index (χ0n) is 8.10. The van der Waals surface area contributed by atoms with Gasteiger partial charge in [0.05, 0.1) is 5.54 Å². The predicted octanol–water partition coefficient (Wildman–Crippen LogP) is 3.33. The molecule has 0 N–H and O–H groups in total. The topological polar surface area (TPSA) is 12.4 Å². The van der Waals surface area contributed by atoms with Crippen molar-refractivity contribution in [2.45, 2.75) is 63.8 Å². The summed E-state index contributed by atoms with van der Waals surface area (Å²) in [6, 6.07) is 0. The third-order valence-corrected chi connectivity index (χ3v) is 3.39. The van der Waals surface area contributed by atoms with Crippen molar-refractivity contribution in [1.82, 2.24) is 0 Å². The summed E-state index contributed by atoms with van der Waals surface area (Å²) in [6.45, 7) is 2.20. The van der Waals surface area contributed by atoms with Gasteiger partial charge in [-0.15, -0.1) is 0 Å². The first-order valence-electron chi connectivity index (χ1n) is 5.36. The minimum absolute atomic E-state index is 0.417. The highest BCUT2D eigenvalue weighted by Crippen LogP contribution is 2.38. The average Bonchev–Trinajstić information content (AvgIpc) is 2.05. The van der Waals surface area contributed by atoms with Crippen LogP contribution < -0.4 is 0 Å². The molecule has 0 unspecified atom stereocenters. The quantitative estimate of drug-likeness (QED) is 0.522. The molecule has 2 aliphatic rings. The monoisotopic (exact) mass is 165 g/mol. The van der Waals surface area contributed by atoms with Crippen molar-refractivity contribution < 1.29 is 0 Å². The fourth-order valence-electron chi connectivity index (χ4n) is 2.76. The second-order valence-corrected chi connectivity index (χ2v) is 4.49. The van der Waals surface area contributed by atoms with E-state index in [1.165, 1.54) is 57.1 Å². The van der Waals surface area contributed by atoms with Crippen LogP contribution >= 0.6 is 0 Å². The Morgan fingerprint density at radius 3 is 2.33 bits per heavy atom. The number of aliphatic imine (C=N–C) groups is 1. The molecule has 0 amide bonds. The van der Waals surface area contributed by atoms with Gasteiger partial charge in [0, 0.05) is 5.71 Å². The summed E-state index contributed by atoms with van der Waals surface area (Å²) in [5.74, 6) is 0. The fraction of sp³-hybridized carbons (Fsp3) is 0.909. The lowest BCUT2D eigenvalue weighted by Gasteiger charge is -2.37. The lowest BCUT2D eigenvalue weighted by Crippen LogP contribution is -2.33. The Hall–Kier alpha value is -0.330. The molecular formula is C11H19N. The van der Waals surface area contributed by atoms with Crippen LogP contribution in [0.5, 0.6) is 0 Å². The molecule has 0 bridgehead atoms. The largest absolute Gasteiger partial charge is 0.288 e. The van der Waals surface area contributed by atoms with Crippen molar-refractivity contribution in [2.24, 2.45) is 4.99 Å². The van der Waals surface area contributed by atoms with Crippen molar-refractivity contribution in [3.05, 3.63) is 0 Å². The summed E-state index contributed by atoms with van der Waals surface area (Å²) in [5.41, 5.74) is 1.82. The van der Waals surface area contributed by atoms with Crippen LogP contribution in [0, 0.1) is 0 Å². The molecule has 1 spiro atoms. The first-order chi connectivity index (χ1) is 5.81. The van der Waals surface area contributed by atoms with Gasteiger partial charge in [0.1, 0.15) is 0 Å². The maximum atomic E-state index is 4.89. The van der Waals surface area contributed by atoms with E-state index >= 15 is 0 Å². The normalized spacial score (nSPS) is 28.6. The van der Waals surface area contributed by atoms with Crippen LogP contribution in [0.4, 0.5) is 0 Å². The molecule has 1 aliphatic carbocycles. The van der Waals surface area contributed by atoms with Gasteiger partial charge >= 0.3 is 0 Å². The molecule has 0 aromatic heterocycles. The standard InChI is InChI=1S/C11H19N/c1-10-6-5-9-11(12-10)7-3-2-4-8-11/h2-9H2,1H3. The van der Waals surface area contributed by atoms with E-state index in [1.54, 1.807) is 0 Å². The molecule has 1 aliphatic heterocycles. The highest BCUT2D eigenvalue weighted by Gasteiger charge is 2.32. The van der Waals surface area contributed by atoms with Gasteiger partial charge in [0.2, 0.25) is 0 Å². The van der Waals surface area contributed by atoms with E-state index in [-0.39, 0.29) is 0 Å². The van der Waals surface area contributed by atoms with E-state index in [1.807, 2.05) is 0 Å². The van der Waals surface area contributed by atoms with Crippen LogP contribution in [-0.4, -0.2) is 11.3 Å². The number of hydrogen-bond donors (Lipinski definition) is 0. The number of hydrogen-bond acceptors (Lipinski definition) is 1. The molecule has 0 aromatic rings. The van der Waals surface area contributed by atoms with Gasteiger partial charge in [0.25, 0.3) is 0 Å². The van der Waals surface area contributed by atoms with Crippen molar-refractivity contribution in [3.63, 3.8) is 0 Å². The summed E-state index contributed by atoms with van der Waals surface area (Å²) in [4.78, 5) is 4.89. The van der Waals surface area contributed by atoms with Crippen molar-refractivity contribution >= 4 is 5.71 Å². The Kier molecular flexibility index (Phi) is 2.20. The minimum atomic E-state index is 0.417. The van der Waals surface area contributed by atoms with Gasteiger partial charge < -0.3 is 0 Å². The Labute approximate surface area is 75.3 Å². The Morgan fingerprint density at radius 2 is 1.67 bits per heavy atom. The summed E-state index contributed by atoms with van der Waals surface area (Å²) < 4.78 is 0. The minimum Gasteiger partial charge on any atom is -0.288 e. The van der Waals surface area contributed by atoms with Gasteiger partial charge in [0.15, 0.2) is 0 Å². The molecule has 0 aromatic carbocycles. The van der Waals surface area contributed by atoms with E-state index in [2.05, 4.69) is 6.92 Å². The predicted molar refractivity (Wildman–Crippen MR) is 52.8 cm³/mol. The molecule has 1 heterocycles. The average molecular weight is 165 g/mol. The molecule has 2 rings (SSSR count). The zero-order chi connectivity index (χ0) is 8.44. The molecule has 12 heavy (non-hydrogen) atoms. The molecule has 1 fully saturated rings. The van der Waals surface area contributed by atoms with Crippen LogP contribution in [0.25, 0.3) is 0 Å². The lowest BCUT2D eigenvalue weighted by atomic mass is 9.77. The Balaban J connectivity index is 2.12. The van der Waals surface area contributed by atoms with Crippen molar-refractivity contribution in [3.8, 4) is 0 Å². The van der Waals surface area contributed by atoms with Crippen molar-refractivity contribution in [2.75, 3.05) is 0 Å². The maximum absolute atomic E-state index is 4.89. The second-order valence-electron chi connectivity index (χ2n) is 4.49. The van der Waals surface area contributed by atoms with Gasteiger partial charge in [-0.3, -0.25) is 4.99 Å². The Morgan fingerprint density at radius 1 is 1.00 bits per heavy atom. The number of nitrogens with zero attached hydrogens (tertiary/aromatic N) is 1. The van der Waals surface area contributed by atoms with Gasteiger partial charge in [-0.2, -0.15) is 0 Å². The first-order valence-corrected chi connectivity index (χ1v) is 5.36. The molecule has 0 saturated heterocycles. The van der Waals surface area contributed by atoms with Gasteiger partial charge in [-0.05, 0) is 39.0 Å². The summed E-state index contributed by atoms with van der Waals surface area (Å²) >= 11 is 0. The van der Waals surface area contributed by atoms with Crippen LogP contribution in [0.2, 0.25) is 0 Å². The third-order valence-electron chi connectivity index (χ3n) is 3.39. The molecule has 1 saturated carbocycles. The zero-order valence-corrected chi connectivity index (χ0v) is 8.10.